The number of halogens is 2. The first-order valence-corrected chi connectivity index (χ1v) is 8.63. The largest absolute Gasteiger partial charge is 0.496 e. The van der Waals surface area contributed by atoms with Crippen molar-refractivity contribution < 1.29 is 37.7 Å². The lowest BCUT2D eigenvalue weighted by atomic mass is 9.93. The number of alkyl halides is 2. The highest BCUT2D eigenvalue weighted by Gasteiger charge is 2.33. The van der Waals surface area contributed by atoms with Crippen molar-refractivity contribution in [2.45, 2.75) is 45.6 Å². The van der Waals surface area contributed by atoms with E-state index in [4.69, 9.17) is 14.6 Å². The van der Waals surface area contributed by atoms with Gasteiger partial charge in [0.05, 0.1) is 18.4 Å². The summed E-state index contributed by atoms with van der Waals surface area (Å²) in [4.78, 5) is 34.3. The average molecular weight is 397 g/mol. The molecule has 0 unspecified atom stereocenters. The Morgan fingerprint density at radius 3 is 2.61 bits per heavy atom. The van der Waals surface area contributed by atoms with Crippen molar-refractivity contribution in [2.75, 3.05) is 12.4 Å². The summed E-state index contributed by atoms with van der Waals surface area (Å²) in [5, 5.41) is 10.8. The fraction of sp³-hybridized carbons (Fsp3) is 0.421. The molecule has 1 heterocycles. The maximum Gasteiger partial charge on any atom is 0.341 e. The number of aliphatic carboxylic acids is 1. The molecule has 1 aromatic carbocycles. The van der Waals surface area contributed by atoms with Crippen LogP contribution >= 0.6 is 0 Å². The van der Waals surface area contributed by atoms with E-state index in [1.165, 1.54) is 7.11 Å². The van der Waals surface area contributed by atoms with Gasteiger partial charge in [0.1, 0.15) is 12.4 Å². The SMILES string of the molecule is COc1c(C)c2c(c(NC(=O)C(F)F)c1CC/C=C/CCC(=O)O)C(=O)OC2. The van der Waals surface area contributed by atoms with E-state index in [0.29, 0.717) is 35.3 Å². The number of rotatable bonds is 9. The van der Waals surface area contributed by atoms with E-state index >= 15 is 0 Å². The molecule has 0 saturated carbocycles. The van der Waals surface area contributed by atoms with Crippen LogP contribution in [0.1, 0.15) is 46.3 Å². The zero-order chi connectivity index (χ0) is 20.8. The summed E-state index contributed by atoms with van der Waals surface area (Å²) in [6.07, 6.45) is 1.28. The zero-order valence-corrected chi connectivity index (χ0v) is 15.5. The number of nitrogens with one attached hydrogen (secondary N) is 1. The van der Waals surface area contributed by atoms with Crippen molar-refractivity contribution in [3.05, 3.63) is 34.4 Å². The Morgan fingerprint density at radius 2 is 2.00 bits per heavy atom. The standard InChI is InChI=1S/C19H21F2NO6/c1-10-12-9-28-19(26)14(12)15(22-18(25)17(20)21)11(16(10)27-2)7-5-3-4-6-8-13(23)24/h3-4,17H,5-9H2,1-2H3,(H,22,25)(H,23,24)/b4-3+. The van der Waals surface area contributed by atoms with Gasteiger partial charge in [-0.15, -0.1) is 0 Å². The molecule has 0 radical (unpaired) electrons. The van der Waals surface area contributed by atoms with Gasteiger partial charge in [-0.05, 0) is 31.7 Å². The highest BCUT2D eigenvalue weighted by Crippen LogP contribution is 2.41. The molecule has 1 aliphatic rings. The summed E-state index contributed by atoms with van der Waals surface area (Å²) in [7, 11) is 1.41. The number of hydrogen-bond acceptors (Lipinski definition) is 5. The minimum Gasteiger partial charge on any atom is -0.496 e. The molecule has 28 heavy (non-hydrogen) atoms. The van der Waals surface area contributed by atoms with Crippen LogP contribution < -0.4 is 10.1 Å². The van der Waals surface area contributed by atoms with Crippen molar-refractivity contribution in [1.82, 2.24) is 0 Å². The van der Waals surface area contributed by atoms with Gasteiger partial charge in [0, 0.05) is 17.5 Å². The second-order valence-electron chi connectivity index (χ2n) is 6.17. The number of fused-ring (bicyclic) bond motifs is 1. The molecule has 0 aliphatic carbocycles. The van der Waals surface area contributed by atoms with Crippen LogP contribution in [0.15, 0.2) is 12.2 Å². The Hall–Kier alpha value is -2.97. The predicted octanol–water partition coefficient (Wildman–Crippen LogP) is 3.23. The Bertz CT molecular complexity index is 819. The van der Waals surface area contributed by atoms with E-state index in [2.05, 4.69) is 5.32 Å². The highest BCUT2D eigenvalue weighted by molar-refractivity contribution is 6.06. The third kappa shape index (κ3) is 4.65. The van der Waals surface area contributed by atoms with E-state index in [0.717, 1.165) is 0 Å². The minimum absolute atomic E-state index is 0.000684. The lowest BCUT2D eigenvalue weighted by molar-refractivity contribution is -0.136. The topological polar surface area (TPSA) is 102 Å². The molecule has 0 fully saturated rings. The molecule has 1 amide bonds. The second kappa shape index (κ2) is 9.29. The molecule has 0 spiro atoms. The lowest BCUT2D eigenvalue weighted by Crippen LogP contribution is -2.23. The number of hydrogen-bond donors (Lipinski definition) is 2. The van der Waals surface area contributed by atoms with Crippen LogP contribution in [0.4, 0.5) is 14.5 Å². The number of allylic oxidation sites excluding steroid dienone is 2. The van der Waals surface area contributed by atoms with Crippen LogP contribution in [-0.4, -0.2) is 36.5 Å². The number of cyclic esters (lactones) is 1. The molecule has 152 valence electrons. The van der Waals surface area contributed by atoms with Crippen molar-refractivity contribution >= 4 is 23.5 Å². The first-order valence-electron chi connectivity index (χ1n) is 8.63. The fourth-order valence-electron chi connectivity index (χ4n) is 3.08. The first-order chi connectivity index (χ1) is 13.3. The molecule has 7 nitrogen and oxygen atoms in total. The molecular weight excluding hydrogens is 376 g/mol. The number of benzene rings is 1. The number of carboxylic acids is 1. The van der Waals surface area contributed by atoms with E-state index in [1.807, 2.05) is 0 Å². The second-order valence-corrected chi connectivity index (χ2v) is 6.17. The van der Waals surface area contributed by atoms with Gasteiger partial charge in [-0.25, -0.2) is 4.79 Å². The molecule has 0 saturated heterocycles. The highest BCUT2D eigenvalue weighted by atomic mass is 19.3. The van der Waals surface area contributed by atoms with E-state index in [9.17, 15) is 23.2 Å². The third-order valence-electron chi connectivity index (χ3n) is 4.38. The van der Waals surface area contributed by atoms with Crippen molar-refractivity contribution in [3.63, 3.8) is 0 Å². The molecular formula is C19H21F2NO6. The van der Waals surface area contributed by atoms with Gasteiger partial charge in [-0.2, -0.15) is 8.78 Å². The number of anilines is 1. The number of esters is 1. The van der Waals surface area contributed by atoms with Gasteiger partial charge >= 0.3 is 18.4 Å². The molecule has 0 aromatic heterocycles. The molecule has 2 N–H and O–H groups in total. The Labute approximate surface area is 160 Å². The van der Waals surface area contributed by atoms with Crippen molar-refractivity contribution in [2.24, 2.45) is 0 Å². The Balaban J connectivity index is 2.39. The molecule has 1 aliphatic heterocycles. The van der Waals surface area contributed by atoms with E-state index in [1.54, 1.807) is 19.1 Å². The fourth-order valence-corrected chi connectivity index (χ4v) is 3.08. The number of ether oxygens (including phenoxy) is 2. The smallest absolute Gasteiger partial charge is 0.341 e. The minimum atomic E-state index is -3.25. The summed E-state index contributed by atoms with van der Waals surface area (Å²) in [6, 6.07) is 0. The Morgan fingerprint density at radius 1 is 1.32 bits per heavy atom. The maximum atomic E-state index is 12.8. The first kappa shape index (κ1) is 21.3. The van der Waals surface area contributed by atoms with Crippen LogP contribution in [0.5, 0.6) is 5.75 Å². The van der Waals surface area contributed by atoms with E-state index in [-0.39, 0.29) is 30.7 Å². The number of methoxy groups -OCH3 is 1. The van der Waals surface area contributed by atoms with Gasteiger partial charge in [0.2, 0.25) is 0 Å². The average Bonchev–Trinajstić information content (AvgIpc) is 3.02. The zero-order valence-electron chi connectivity index (χ0n) is 15.5. The summed E-state index contributed by atoms with van der Waals surface area (Å²) >= 11 is 0. The monoisotopic (exact) mass is 397 g/mol. The normalized spacial score (nSPS) is 13.0. The number of amides is 1. The number of carbonyl (C=O) groups is 3. The summed E-state index contributed by atoms with van der Waals surface area (Å²) in [5.41, 5.74) is 1.59. The van der Waals surface area contributed by atoms with Crippen LogP contribution in [0.3, 0.4) is 0 Å². The molecule has 2 rings (SSSR count). The number of carbonyl (C=O) groups excluding carboxylic acids is 2. The van der Waals surface area contributed by atoms with Gasteiger partial charge < -0.3 is 19.9 Å². The van der Waals surface area contributed by atoms with Crippen LogP contribution in [0.25, 0.3) is 0 Å². The predicted molar refractivity (Wildman–Crippen MR) is 95.8 cm³/mol. The van der Waals surface area contributed by atoms with Gasteiger partial charge in [-0.1, -0.05) is 12.2 Å². The van der Waals surface area contributed by atoms with Crippen LogP contribution in [0.2, 0.25) is 0 Å². The van der Waals surface area contributed by atoms with Crippen LogP contribution in [-0.2, 0) is 27.4 Å². The van der Waals surface area contributed by atoms with Gasteiger partial charge in [0.15, 0.2) is 0 Å². The maximum absolute atomic E-state index is 12.8. The van der Waals surface area contributed by atoms with Crippen molar-refractivity contribution in [3.8, 4) is 5.75 Å². The summed E-state index contributed by atoms with van der Waals surface area (Å²) in [5.74, 6) is -2.73. The summed E-state index contributed by atoms with van der Waals surface area (Å²) < 4.78 is 36.0. The van der Waals surface area contributed by atoms with E-state index < -0.39 is 24.3 Å². The molecule has 9 heteroatoms. The lowest BCUT2D eigenvalue weighted by Gasteiger charge is -2.20. The van der Waals surface area contributed by atoms with Crippen LogP contribution in [0, 0.1) is 6.92 Å². The third-order valence-corrected chi connectivity index (χ3v) is 4.38. The van der Waals surface area contributed by atoms with Gasteiger partial charge in [-0.3, -0.25) is 9.59 Å². The molecule has 0 bridgehead atoms. The summed E-state index contributed by atoms with van der Waals surface area (Å²) in [6.45, 7) is 1.70. The Kier molecular flexibility index (Phi) is 7.08. The number of carboxylic acid groups (broad SMARTS) is 1. The molecule has 1 aromatic rings. The van der Waals surface area contributed by atoms with Gasteiger partial charge in [0.25, 0.3) is 5.91 Å². The quantitative estimate of drug-likeness (QED) is 0.490. The van der Waals surface area contributed by atoms with Crippen molar-refractivity contribution in [1.29, 1.82) is 0 Å². The molecule has 0 atom stereocenters.